The maximum Gasteiger partial charge on any atom is 0.216 e. The highest BCUT2D eigenvalue weighted by molar-refractivity contribution is 7.88. The molecule has 0 aliphatic heterocycles. The molecule has 1 heterocycles. The minimum atomic E-state index is -3.26. The molecule has 0 atom stereocenters. The van der Waals surface area contributed by atoms with Crippen LogP contribution in [0.3, 0.4) is 0 Å². The molecule has 0 aliphatic rings. The first-order chi connectivity index (χ1) is 6.49. The molecule has 1 aromatic rings. The monoisotopic (exact) mass is 215 g/mol. The molecule has 5 nitrogen and oxygen atoms in total. The van der Waals surface area contributed by atoms with Crippen molar-refractivity contribution in [1.82, 2.24) is 14.7 Å². The van der Waals surface area contributed by atoms with Gasteiger partial charge >= 0.3 is 0 Å². The molecule has 0 aliphatic carbocycles. The molecule has 0 spiro atoms. The molecule has 0 aromatic carbocycles. The maximum absolute atomic E-state index is 11.4. The van der Waals surface area contributed by atoms with E-state index in [4.69, 9.17) is 0 Å². The molecular weight excluding hydrogens is 202 g/mol. The number of nitrogens with zero attached hydrogens (tertiary/aromatic N) is 2. The number of hydrogen-bond acceptors (Lipinski definition) is 4. The van der Waals surface area contributed by atoms with Crippen molar-refractivity contribution in [2.45, 2.75) is 25.6 Å². The molecule has 6 heteroatoms. The van der Waals surface area contributed by atoms with E-state index < -0.39 is 10.0 Å². The van der Waals surface area contributed by atoms with Gasteiger partial charge in [0.15, 0.2) is 0 Å². The Balaban J connectivity index is 2.70. The van der Waals surface area contributed by atoms with Crippen molar-refractivity contribution >= 4 is 10.0 Å². The summed E-state index contributed by atoms with van der Waals surface area (Å²) in [6, 6.07) is -0.0929. The fourth-order valence-corrected chi connectivity index (χ4v) is 2.41. The third kappa shape index (κ3) is 3.80. The van der Waals surface area contributed by atoms with Gasteiger partial charge in [0.25, 0.3) is 0 Å². The lowest BCUT2D eigenvalue weighted by molar-refractivity contribution is 0.569. The van der Waals surface area contributed by atoms with E-state index in [9.17, 15) is 8.42 Å². The first-order valence-electron chi connectivity index (χ1n) is 4.23. The van der Waals surface area contributed by atoms with Crippen molar-refractivity contribution in [3.63, 3.8) is 0 Å². The molecule has 0 bridgehead atoms. The standard InChI is InChI=1S/C8H13N3O2S/c1-7(2)11-14(12,13)5-8-3-9-6-10-4-8/h3-4,6-7,11H,5H2,1-2H3. The average Bonchev–Trinajstić information content (AvgIpc) is 2.02. The predicted octanol–water partition coefficient (Wildman–Crippen LogP) is 0.304. The van der Waals surface area contributed by atoms with Gasteiger partial charge in [-0.05, 0) is 13.8 Å². The summed E-state index contributed by atoms with van der Waals surface area (Å²) in [5.41, 5.74) is 0.584. The van der Waals surface area contributed by atoms with E-state index in [-0.39, 0.29) is 11.8 Å². The number of sulfonamides is 1. The van der Waals surface area contributed by atoms with Gasteiger partial charge in [0.1, 0.15) is 6.33 Å². The van der Waals surface area contributed by atoms with Gasteiger partial charge in [-0.15, -0.1) is 0 Å². The largest absolute Gasteiger partial charge is 0.245 e. The molecule has 0 fully saturated rings. The third-order valence-corrected chi connectivity index (χ3v) is 2.93. The summed E-state index contributed by atoms with van der Waals surface area (Å²) in [7, 11) is -3.26. The Kier molecular flexibility index (Phi) is 3.54. The number of nitrogens with one attached hydrogen (secondary N) is 1. The van der Waals surface area contributed by atoms with Crippen molar-refractivity contribution in [2.24, 2.45) is 0 Å². The molecule has 1 aromatic heterocycles. The van der Waals surface area contributed by atoms with Crippen LogP contribution in [0.2, 0.25) is 0 Å². The number of rotatable bonds is 4. The van der Waals surface area contributed by atoms with E-state index in [0.717, 1.165) is 0 Å². The van der Waals surface area contributed by atoms with Gasteiger partial charge in [0, 0.05) is 24.0 Å². The summed E-state index contributed by atoms with van der Waals surface area (Å²) in [5, 5.41) is 0. The summed E-state index contributed by atoms with van der Waals surface area (Å²) in [5.74, 6) is -0.0774. The normalized spacial score (nSPS) is 11.9. The van der Waals surface area contributed by atoms with Crippen LogP contribution in [0.4, 0.5) is 0 Å². The fourth-order valence-electron chi connectivity index (χ4n) is 1.02. The molecule has 1 N–H and O–H groups in total. The molecule has 0 radical (unpaired) electrons. The van der Waals surface area contributed by atoms with Gasteiger partial charge in [-0.25, -0.2) is 23.1 Å². The molecular formula is C8H13N3O2S. The average molecular weight is 215 g/mol. The Bertz CT molecular complexity index is 375. The zero-order valence-electron chi connectivity index (χ0n) is 8.14. The lowest BCUT2D eigenvalue weighted by atomic mass is 10.4. The quantitative estimate of drug-likeness (QED) is 0.784. The van der Waals surface area contributed by atoms with Crippen molar-refractivity contribution in [3.05, 3.63) is 24.3 Å². The van der Waals surface area contributed by atoms with Crippen LogP contribution in [0.5, 0.6) is 0 Å². The Morgan fingerprint density at radius 2 is 1.93 bits per heavy atom. The molecule has 1 rings (SSSR count). The van der Waals surface area contributed by atoms with Crippen LogP contribution in [0, 0.1) is 0 Å². The van der Waals surface area contributed by atoms with Crippen LogP contribution < -0.4 is 4.72 Å². The zero-order chi connectivity index (χ0) is 10.6. The minimum Gasteiger partial charge on any atom is -0.245 e. The highest BCUT2D eigenvalue weighted by atomic mass is 32.2. The van der Waals surface area contributed by atoms with Crippen LogP contribution in [-0.4, -0.2) is 24.4 Å². The summed E-state index contributed by atoms with van der Waals surface area (Å²) in [6.45, 7) is 3.55. The summed E-state index contributed by atoms with van der Waals surface area (Å²) in [4.78, 5) is 7.49. The van der Waals surface area contributed by atoms with Gasteiger partial charge in [-0.2, -0.15) is 0 Å². The summed E-state index contributed by atoms with van der Waals surface area (Å²) >= 11 is 0. The van der Waals surface area contributed by atoms with Crippen molar-refractivity contribution in [2.75, 3.05) is 0 Å². The summed E-state index contributed by atoms with van der Waals surface area (Å²) in [6.07, 6.45) is 4.35. The Morgan fingerprint density at radius 3 is 2.43 bits per heavy atom. The molecule has 78 valence electrons. The predicted molar refractivity (Wildman–Crippen MR) is 52.9 cm³/mol. The summed E-state index contributed by atoms with van der Waals surface area (Å²) < 4.78 is 25.4. The topological polar surface area (TPSA) is 72.0 Å². The SMILES string of the molecule is CC(C)NS(=O)(=O)Cc1cncnc1. The van der Waals surface area contributed by atoms with Gasteiger partial charge < -0.3 is 0 Å². The Labute approximate surface area is 83.6 Å². The van der Waals surface area contributed by atoms with Gasteiger partial charge in [0.05, 0.1) is 5.75 Å². The van der Waals surface area contributed by atoms with Crippen LogP contribution in [0.15, 0.2) is 18.7 Å². The van der Waals surface area contributed by atoms with Gasteiger partial charge in [-0.3, -0.25) is 0 Å². The van der Waals surface area contributed by atoms with E-state index in [2.05, 4.69) is 14.7 Å². The van der Waals surface area contributed by atoms with Gasteiger partial charge in [0.2, 0.25) is 10.0 Å². The molecule has 0 unspecified atom stereocenters. The molecule has 0 saturated heterocycles. The first-order valence-corrected chi connectivity index (χ1v) is 5.89. The zero-order valence-corrected chi connectivity index (χ0v) is 8.95. The highest BCUT2D eigenvalue weighted by Gasteiger charge is 2.12. The van der Waals surface area contributed by atoms with E-state index in [1.54, 1.807) is 13.8 Å². The van der Waals surface area contributed by atoms with E-state index in [1.165, 1.54) is 18.7 Å². The first kappa shape index (κ1) is 11.1. The second-order valence-electron chi connectivity index (χ2n) is 3.28. The van der Waals surface area contributed by atoms with Crippen LogP contribution >= 0.6 is 0 Å². The highest BCUT2D eigenvalue weighted by Crippen LogP contribution is 2.01. The van der Waals surface area contributed by atoms with E-state index in [0.29, 0.717) is 5.56 Å². The van der Waals surface area contributed by atoms with Crippen LogP contribution in [0.1, 0.15) is 19.4 Å². The number of hydrogen-bond donors (Lipinski definition) is 1. The lowest BCUT2D eigenvalue weighted by Crippen LogP contribution is -2.31. The minimum absolute atomic E-state index is 0.0774. The van der Waals surface area contributed by atoms with Gasteiger partial charge in [-0.1, -0.05) is 0 Å². The maximum atomic E-state index is 11.4. The second-order valence-corrected chi connectivity index (χ2v) is 5.03. The smallest absolute Gasteiger partial charge is 0.216 e. The third-order valence-electron chi connectivity index (χ3n) is 1.39. The molecule has 0 saturated carbocycles. The van der Waals surface area contributed by atoms with Crippen LogP contribution in [-0.2, 0) is 15.8 Å². The Morgan fingerprint density at radius 1 is 1.36 bits per heavy atom. The second kappa shape index (κ2) is 4.47. The number of aromatic nitrogens is 2. The van der Waals surface area contributed by atoms with E-state index >= 15 is 0 Å². The Hall–Kier alpha value is -1.01. The molecule has 0 amide bonds. The van der Waals surface area contributed by atoms with Crippen molar-refractivity contribution < 1.29 is 8.42 Å². The van der Waals surface area contributed by atoms with Crippen LogP contribution in [0.25, 0.3) is 0 Å². The van der Waals surface area contributed by atoms with Crippen molar-refractivity contribution in [1.29, 1.82) is 0 Å². The van der Waals surface area contributed by atoms with Crippen molar-refractivity contribution in [3.8, 4) is 0 Å². The van der Waals surface area contributed by atoms with E-state index in [1.807, 2.05) is 0 Å². The lowest BCUT2D eigenvalue weighted by Gasteiger charge is -2.08. The molecule has 14 heavy (non-hydrogen) atoms. The fraction of sp³-hybridized carbons (Fsp3) is 0.500.